The van der Waals surface area contributed by atoms with Gasteiger partial charge in [-0.25, -0.2) is 0 Å². The Morgan fingerprint density at radius 2 is 2.16 bits per heavy atom. The van der Waals surface area contributed by atoms with Gasteiger partial charge in [0.05, 0.1) is 9.93 Å². The molecule has 0 aliphatic carbocycles. The molecule has 0 saturated carbocycles. The summed E-state index contributed by atoms with van der Waals surface area (Å²) in [7, 11) is 0. The third-order valence-electron chi connectivity index (χ3n) is 3.17. The van der Waals surface area contributed by atoms with Crippen LogP contribution in [-0.4, -0.2) is 45.4 Å². The van der Waals surface area contributed by atoms with Gasteiger partial charge in [0.1, 0.15) is 4.32 Å². The standard InChI is InChI=1S/C13H18N2OS3/c1-4-14-6-7-18-10(14)8-9(3)11-12(16)15(5-2)13(17)19-11/h8H,4-7H2,1-3H3. The number of thioether (sulfide) groups is 2. The number of carbonyl (C=O) groups excluding carboxylic acids is 1. The highest BCUT2D eigenvalue weighted by Crippen LogP contribution is 2.35. The summed E-state index contributed by atoms with van der Waals surface area (Å²) < 4.78 is 0.673. The Labute approximate surface area is 128 Å². The molecule has 2 rings (SSSR count). The van der Waals surface area contributed by atoms with Crippen molar-refractivity contribution in [2.75, 3.05) is 25.4 Å². The van der Waals surface area contributed by atoms with E-state index in [9.17, 15) is 4.79 Å². The highest BCUT2D eigenvalue weighted by Gasteiger charge is 2.32. The van der Waals surface area contributed by atoms with Crippen molar-refractivity contribution in [3.8, 4) is 0 Å². The Hall–Kier alpha value is -0.460. The van der Waals surface area contributed by atoms with Gasteiger partial charge in [0.15, 0.2) is 0 Å². The van der Waals surface area contributed by atoms with Gasteiger partial charge in [-0.2, -0.15) is 0 Å². The average Bonchev–Trinajstić information content (AvgIpc) is 2.94. The van der Waals surface area contributed by atoms with E-state index in [0.717, 1.165) is 29.3 Å². The first kappa shape index (κ1) is 14.9. The summed E-state index contributed by atoms with van der Waals surface area (Å²) in [6.45, 7) is 8.87. The first-order valence-corrected chi connectivity index (χ1v) is 8.63. The van der Waals surface area contributed by atoms with Gasteiger partial charge in [-0.1, -0.05) is 24.0 Å². The SMILES string of the molecule is CCN1CCSC1=CC(C)=C1SC(=S)N(CC)C1=O. The number of amides is 1. The fourth-order valence-electron chi connectivity index (χ4n) is 2.07. The Morgan fingerprint density at radius 3 is 2.74 bits per heavy atom. The van der Waals surface area contributed by atoms with Crippen molar-refractivity contribution in [1.82, 2.24) is 9.80 Å². The molecule has 0 unspecified atom stereocenters. The van der Waals surface area contributed by atoms with Crippen molar-refractivity contribution in [2.24, 2.45) is 0 Å². The molecule has 1 amide bonds. The van der Waals surface area contributed by atoms with Crippen molar-refractivity contribution >= 4 is 46.0 Å². The van der Waals surface area contributed by atoms with Crippen molar-refractivity contribution in [3.63, 3.8) is 0 Å². The lowest BCUT2D eigenvalue weighted by molar-refractivity contribution is -0.122. The molecule has 2 heterocycles. The molecular weight excluding hydrogens is 296 g/mol. The molecule has 6 heteroatoms. The van der Waals surface area contributed by atoms with E-state index in [0.29, 0.717) is 10.9 Å². The van der Waals surface area contributed by atoms with Crippen molar-refractivity contribution in [2.45, 2.75) is 20.8 Å². The van der Waals surface area contributed by atoms with Crippen LogP contribution < -0.4 is 0 Å². The van der Waals surface area contributed by atoms with Gasteiger partial charge in [-0.3, -0.25) is 9.69 Å². The van der Waals surface area contributed by atoms with Crippen LogP contribution in [0.4, 0.5) is 0 Å². The van der Waals surface area contributed by atoms with Gasteiger partial charge in [0, 0.05) is 25.4 Å². The van der Waals surface area contributed by atoms with E-state index < -0.39 is 0 Å². The van der Waals surface area contributed by atoms with E-state index in [-0.39, 0.29) is 5.91 Å². The predicted molar refractivity (Wildman–Crippen MR) is 88.1 cm³/mol. The van der Waals surface area contributed by atoms with E-state index in [1.165, 1.54) is 16.8 Å². The second-order valence-electron chi connectivity index (χ2n) is 4.34. The number of hydrogen-bond acceptors (Lipinski definition) is 5. The fourth-order valence-corrected chi connectivity index (χ4v) is 4.63. The lowest BCUT2D eigenvalue weighted by Crippen LogP contribution is -2.27. The summed E-state index contributed by atoms with van der Waals surface area (Å²) >= 11 is 8.52. The quantitative estimate of drug-likeness (QED) is 0.588. The maximum absolute atomic E-state index is 12.2. The average molecular weight is 315 g/mol. The second-order valence-corrected chi connectivity index (χ2v) is 7.10. The van der Waals surface area contributed by atoms with Crippen molar-refractivity contribution in [3.05, 3.63) is 21.6 Å². The largest absolute Gasteiger partial charge is 0.366 e. The molecule has 0 spiro atoms. The van der Waals surface area contributed by atoms with E-state index in [2.05, 4.69) is 17.9 Å². The molecule has 0 aromatic heterocycles. The molecule has 2 fully saturated rings. The lowest BCUT2D eigenvalue weighted by atomic mass is 10.2. The van der Waals surface area contributed by atoms with Gasteiger partial charge in [0.25, 0.3) is 5.91 Å². The number of allylic oxidation sites excluding steroid dienone is 2. The maximum Gasteiger partial charge on any atom is 0.266 e. The van der Waals surface area contributed by atoms with Crippen LogP contribution in [0.1, 0.15) is 20.8 Å². The van der Waals surface area contributed by atoms with Crippen molar-refractivity contribution in [1.29, 1.82) is 0 Å². The van der Waals surface area contributed by atoms with Gasteiger partial charge in [-0.05, 0) is 32.4 Å². The Balaban J connectivity index is 2.26. The van der Waals surface area contributed by atoms with Crippen LogP contribution in [0.15, 0.2) is 21.6 Å². The number of rotatable bonds is 3. The topological polar surface area (TPSA) is 23.6 Å². The third kappa shape index (κ3) is 3.01. The molecule has 3 nitrogen and oxygen atoms in total. The van der Waals surface area contributed by atoms with E-state index in [4.69, 9.17) is 12.2 Å². The summed E-state index contributed by atoms with van der Waals surface area (Å²) in [6, 6.07) is 0. The lowest BCUT2D eigenvalue weighted by Gasteiger charge is -2.16. The zero-order chi connectivity index (χ0) is 14.0. The molecule has 2 aliphatic rings. The van der Waals surface area contributed by atoms with Gasteiger partial charge < -0.3 is 4.90 Å². The Kier molecular flexibility index (Phi) is 4.97. The van der Waals surface area contributed by atoms with Crippen LogP contribution in [-0.2, 0) is 4.79 Å². The molecule has 0 radical (unpaired) electrons. The minimum Gasteiger partial charge on any atom is -0.366 e. The number of thiocarbonyl (C=S) groups is 1. The van der Waals surface area contributed by atoms with Crippen LogP contribution >= 0.6 is 35.7 Å². The minimum absolute atomic E-state index is 0.0536. The summed E-state index contributed by atoms with van der Waals surface area (Å²) in [6.07, 6.45) is 2.13. The van der Waals surface area contributed by atoms with Crippen LogP contribution in [0, 0.1) is 0 Å². The molecule has 0 atom stereocenters. The summed E-state index contributed by atoms with van der Waals surface area (Å²) in [5.74, 6) is 1.18. The number of hydrogen-bond donors (Lipinski definition) is 0. The van der Waals surface area contributed by atoms with Crippen LogP contribution in [0.2, 0.25) is 0 Å². The predicted octanol–water partition coefficient (Wildman–Crippen LogP) is 3.05. The highest BCUT2D eigenvalue weighted by atomic mass is 32.2. The Bertz CT molecular complexity index is 471. The number of likely N-dealkylation sites (N-methyl/N-ethyl adjacent to an activating group) is 1. The fraction of sp³-hybridized carbons (Fsp3) is 0.538. The van der Waals surface area contributed by atoms with E-state index >= 15 is 0 Å². The van der Waals surface area contributed by atoms with Crippen LogP contribution in [0.25, 0.3) is 0 Å². The highest BCUT2D eigenvalue weighted by molar-refractivity contribution is 8.26. The molecule has 19 heavy (non-hydrogen) atoms. The smallest absolute Gasteiger partial charge is 0.266 e. The van der Waals surface area contributed by atoms with Gasteiger partial charge >= 0.3 is 0 Å². The summed E-state index contributed by atoms with van der Waals surface area (Å²) in [5.41, 5.74) is 1.02. The van der Waals surface area contributed by atoms with Gasteiger partial charge in [0.2, 0.25) is 0 Å². The summed E-state index contributed by atoms with van der Waals surface area (Å²) in [5, 5.41) is 1.27. The van der Waals surface area contributed by atoms with Crippen LogP contribution in [0.3, 0.4) is 0 Å². The molecule has 2 saturated heterocycles. The molecule has 0 aromatic carbocycles. The monoisotopic (exact) mass is 314 g/mol. The van der Waals surface area contributed by atoms with Crippen molar-refractivity contribution < 1.29 is 4.79 Å². The minimum atomic E-state index is 0.0536. The number of carbonyl (C=O) groups is 1. The zero-order valence-corrected chi connectivity index (χ0v) is 13.9. The van der Waals surface area contributed by atoms with Crippen LogP contribution in [0.5, 0.6) is 0 Å². The molecule has 104 valence electrons. The van der Waals surface area contributed by atoms with E-state index in [1.54, 1.807) is 4.90 Å². The normalized spacial score (nSPS) is 24.9. The molecule has 2 aliphatic heterocycles. The first-order valence-electron chi connectivity index (χ1n) is 6.42. The second kappa shape index (κ2) is 6.33. The zero-order valence-electron chi connectivity index (χ0n) is 11.4. The Morgan fingerprint density at radius 1 is 1.42 bits per heavy atom. The van der Waals surface area contributed by atoms with Gasteiger partial charge in [-0.15, -0.1) is 11.8 Å². The summed E-state index contributed by atoms with van der Waals surface area (Å²) in [4.78, 5) is 17.0. The van der Waals surface area contributed by atoms with E-state index in [1.807, 2.05) is 25.6 Å². The maximum atomic E-state index is 12.2. The molecular formula is C13H18N2OS3. The molecule has 0 N–H and O–H groups in total. The third-order valence-corrected chi connectivity index (χ3v) is 5.79. The molecule has 0 bridgehead atoms. The number of nitrogens with zero attached hydrogens (tertiary/aromatic N) is 2. The first-order chi connectivity index (χ1) is 9.08. The molecule has 0 aromatic rings.